The minimum atomic E-state index is -1.19. The van der Waals surface area contributed by atoms with E-state index in [1.807, 2.05) is 18.2 Å². The maximum absolute atomic E-state index is 13.7. The second kappa shape index (κ2) is 13.0. The first-order chi connectivity index (χ1) is 22.2. The van der Waals surface area contributed by atoms with Crippen molar-refractivity contribution < 1.29 is 28.2 Å². The zero-order chi connectivity index (χ0) is 33.9. The summed E-state index contributed by atoms with van der Waals surface area (Å²) in [6.45, 7) is 10.3. The maximum atomic E-state index is 13.7. The van der Waals surface area contributed by atoms with Crippen molar-refractivity contribution in [3.8, 4) is 22.4 Å². The molecular weight excluding hydrogens is 605 g/mol. The third-order valence-corrected chi connectivity index (χ3v) is 6.74. The van der Waals surface area contributed by atoms with Gasteiger partial charge in [-0.15, -0.1) is 0 Å². The molecular formula is C34H36FN7O5. The number of carbonyl (C=O) groups is 3. The van der Waals surface area contributed by atoms with Crippen LogP contribution in [0.5, 0.6) is 0 Å². The highest BCUT2D eigenvalue weighted by Gasteiger charge is 2.28. The van der Waals surface area contributed by atoms with Gasteiger partial charge in [0.25, 0.3) is 0 Å². The predicted octanol–water partition coefficient (Wildman–Crippen LogP) is 6.49. The summed E-state index contributed by atoms with van der Waals surface area (Å²) in [6.07, 6.45) is 4.44. The van der Waals surface area contributed by atoms with E-state index >= 15 is 0 Å². The fourth-order valence-electron chi connectivity index (χ4n) is 4.82. The lowest BCUT2D eigenvalue weighted by Crippen LogP contribution is -2.47. The second-order valence-electron chi connectivity index (χ2n) is 12.8. The van der Waals surface area contributed by atoms with Crippen LogP contribution in [0, 0.1) is 5.82 Å². The summed E-state index contributed by atoms with van der Waals surface area (Å²) in [6, 6.07) is 12.1. The highest BCUT2D eigenvalue weighted by atomic mass is 19.1. The molecule has 0 spiro atoms. The van der Waals surface area contributed by atoms with Crippen molar-refractivity contribution in [3.05, 3.63) is 85.0 Å². The van der Waals surface area contributed by atoms with Crippen LogP contribution in [0.3, 0.4) is 0 Å². The average molecular weight is 642 g/mol. The Morgan fingerprint density at radius 2 is 1.57 bits per heavy atom. The third kappa shape index (κ3) is 8.17. The molecule has 1 atom stereocenters. The van der Waals surface area contributed by atoms with E-state index in [-0.39, 0.29) is 18.1 Å². The van der Waals surface area contributed by atoms with E-state index in [1.54, 1.807) is 72.1 Å². The number of aromatic nitrogens is 5. The van der Waals surface area contributed by atoms with Crippen molar-refractivity contribution in [2.45, 2.75) is 65.2 Å². The Bertz CT molecular complexity index is 1910. The number of hydrogen-bond donors (Lipinski definition) is 3. The number of carbonyl (C=O) groups excluding carboxylic acids is 3. The number of nitrogens with one attached hydrogen (secondary N) is 3. The van der Waals surface area contributed by atoms with Gasteiger partial charge in [-0.1, -0.05) is 0 Å². The number of imidazole rings is 1. The zero-order valence-corrected chi connectivity index (χ0v) is 26.9. The summed E-state index contributed by atoms with van der Waals surface area (Å²) < 4.78 is 25.8. The van der Waals surface area contributed by atoms with E-state index in [4.69, 9.17) is 9.47 Å². The second-order valence-corrected chi connectivity index (χ2v) is 12.8. The fourth-order valence-corrected chi connectivity index (χ4v) is 4.82. The van der Waals surface area contributed by atoms with Crippen LogP contribution < -0.4 is 10.6 Å². The highest BCUT2D eigenvalue weighted by Crippen LogP contribution is 2.38. The van der Waals surface area contributed by atoms with Gasteiger partial charge in [0.15, 0.2) is 0 Å². The Balaban J connectivity index is 1.46. The molecule has 4 aromatic heterocycles. The molecule has 0 fully saturated rings. The molecule has 2 amide bonds. The maximum Gasteiger partial charge on any atom is 0.420 e. The number of anilines is 1. The van der Waals surface area contributed by atoms with Crippen LogP contribution in [0.15, 0.2) is 73.4 Å². The number of benzene rings is 1. The minimum absolute atomic E-state index is 0.115. The van der Waals surface area contributed by atoms with Crippen LogP contribution >= 0.6 is 0 Å². The largest absolute Gasteiger partial charge is 0.444 e. The van der Waals surface area contributed by atoms with Crippen LogP contribution in [0.4, 0.5) is 19.8 Å². The first kappa shape index (κ1) is 32.8. The van der Waals surface area contributed by atoms with E-state index in [0.29, 0.717) is 17.0 Å². The molecule has 4 heterocycles. The number of alkyl carbamates (subject to hydrolysis) is 1. The number of aromatic amines is 1. The van der Waals surface area contributed by atoms with Gasteiger partial charge >= 0.3 is 12.2 Å². The van der Waals surface area contributed by atoms with Crippen LogP contribution in [0.25, 0.3) is 33.4 Å². The van der Waals surface area contributed by atoms with Gasteiger partial charge in [0, 0.05) is 36.0 Å². The van der Waals surface area contributed by atoms with Crippen molar-refractivity contribution in [3.63, 3.8) is 0 Å². The number of nitrogens with zero attached hydrogens (tertiary/aromatic N) is 4. The molecule has 3 N–H and O–H groups in total. The van der Waals surface area contributed by atoms with Gasteiger partial charge in [-0.3, -0.25) is 9.78 Å². The van der Waals surface area contributed by atoms with Gasteiger partial charge in [-0.05, 0) is 101 Å². The molecule has 0 saturated carbocycles. The molecule has 1 aromatic carbocycles. The molecule has 0 unspecified atom stereocenters. The van der Waals surface area contributed by atoms with Gasteiger partial charge in [0.2, 0.25) is 5.91 Å². The van der Waals surface area contributed by atoms with Crippen molar-refractivity contribution in [1.82, 2.24) is 29.8 Å². The number of halogens is 1. The van der Waals surface area contributed by atoms with Crippen molar-refractivity contribution in [2.24, 2.45) is 0 Å². The SMILES string of the molecule is CC(C)(C)OC(=O)N[C@@H](Cc1cncn1C(=O)OC(C)(C)C)C(=O)Nc1ccc2c(-c3ccncc3)c(-c3ccc(F)cc3)[nH]c2n1. The molecule has 0 bridgehead atoms. The summed E-state index contributed by atoms with van der Waals surface area (Å²) in [5.41, 5.74) is 2.36. The van der Waals surface area contributed by atoms with Gasteiger partial charge in [0.1, 0.15) is 40.9 Å². The van der Waals surface area contributed by atoms with E-state index in [9.17, 15) is 18.8 Å². The summed E-state index contributed by atoms with van der Waals surface area (Å²) >= 11 is 0. The number of rotatable bonds is 7. The molecule has 12 nitrogen and oxygen atoms in total. The molecule has 0 aliphatic rings. The summed E-state index contributed by atoms with van der Waals surface area (Å²) in [7, 11) is 0. The number of fused-ring (bicyclic) bond motifs is 1. The molecule has 13 heteroatoms. The third-order valence-electron chi connectivity index (χ3n) is 6.74. The Kier molecular flexibility index (Phi) is 9.09. The smallest absolute Gasteiger partial charge is 0.420 e. The molecule has 0 saturated heterocycles. The Morgan fingerprint density at radius 1 is 0.894 bits per heavy atom. The summed E-state index contributed by atoms with van der Waals surface area (Å²) in [5.74, 6) is -0.770. The van der Waals surface area contributed by atoms with Crippen molar-refractivity contribution >= 4 is 34.9 Å². The summed E-state index contributed by atoms with van der Waals surface area (Å²) in [5, 5.41) is 6.14. The monoisotopic (exact) mass is 641 g/mol. The molecule has 5 rings (SSSR count). The van der Waals surface area contributed by atoms with Gasteiger partial charge in [-0.25, -0.2) is 28.5 Å². The number of H-pyrrole nitrogens is 1. The average Bonchev–Trinajstić information content (AvgIpc) is 3.60. The normalized spacial score (nSPS) is 12.4. The fraction of sp³-hybridized carbons (Fsp3) is 0.294. The van der Waals surface area contributed by atoms with E-state index in [2.05, 4.69) is 30.6 Å². The van der Waals surface area contributed by atoms with Gasteiger partial charge in [0.05, 0.1) is 11.4 Å². The van der Waals surface area contributed by atoms with Gasteiger partial charge in [-0.2, -0.15) is 0 Å². The van der Waals surface area contributed by atoms with E-state index < -0.39 is 35.3 Å². The first-order valence-electron chi connectivity index (χ1n) is 14.9. The Hall–Kier alpha value is -5.59. The lowest BCUT2D eigenvalue weighted by Gasteiger charge is -2.24. The lowest BCUT2D eigenvalue weighted by molar-refractivity contribution is -0.118. The predicted molar refractivity (Wildman–Crippen MR) is 174 cm³/mol. The standard InChI is InChI=1S/C34H36FN7O5/c1-33(2,3)46-31(44)38-25(17-23-18-37-19-42(23)32(45)47-34(4,5)6)30(43)40-26-12-11-24-27(20-13-15-36-16-14-20)28(41-29(24)39-26)21-7-9-22(35)10-8-21/h7-16,18-19,25H,17H2,1-6H3,(H,38,44)(H2,39,40,41,43)/t25-/m0/s1. The van der Waals surface area contributed by atoms with E-state index in [0.717, 1.165) is 22.1 Å². The summed E-state index contributed by atoms with van der Waals surface area (Å²) in [4.78, 5) is 55.5. The van der Waals surface area contributed by atoms with Crippen molar-refractivity contribution in [1.29, 1.82) is 0 Å². The number of amides is 2. The molecule has 0 aliphatic heterocycles. The Labute approximate surface area is 270 Å². The van der Waals surface area contributed by atoms with Crippen LogP contribution in [0.2, 0.25) is 0 Å². The van der Waals surface area contributed by atoms with Gasteiger partial charge < -0.3 is 25.1 Å². The molecule has 5 aromatic rings. The molecule has 0 aliphatic carbocycles. The van der Waals surface area contributed by atoms with Crippen LogP contribution in [0.1, 0.15) is 47.2 Å². The minimum Gasteiger partial charge on any atom is -0.444 e. The quantitative estimate of drug-likeness (QED) is 0.182. The number of pyridine rings is 2. The topological polar surface area (TPSA) is 153 Å². The molecule has 47 heavy (non-hydrogen) atoms. The number of hydrogen-bond acceptors (Lipinski definition) is 8. The van der Waals surface area contributed by atoms with Crippen LogP contribution in [-0.4, -0.2) is 59.8 Å². The molecule has 0 radical (unpaired) electrons. The van der Waals surface area contributed by atoms with Crippen molar-refractivity contribution in [2.75, 3.05) is 5.32 Å². The van der Waals surface area contributed by atoms with Crippen LogP contribution in [-0.2, 0) is 20.7 Å². The highest BCUT2D eigenvalue weighted by molar-refractivity contribution is 6.04. The van der Waals surface area contributed by atoms with E-state index in [1.165, 1.54) is 29.2 Å². The number of ether oxygens (including phenoxy) is 2. The lowest BCUT2D eigenvalue weighted by atomic mass is 10.00. The molecule has 244 valence electrons. The zero-order valence-electron chi connectivity index (χ0n) is 26.9. The first-order valence-corrected chi connectivity index (χ1v) is 14.9. The Morgan fingerprint density at radius 3 is 2.23 bits per heavy atom.